The van der Waals surface area contributed by atoms with Crippen molar-refractivity contribution in [3.63, 3.8) is 0 Å². The van der Waals surface area contributed by atoms with Crippen molar-refractivity contribution in [1.82, 2.24) is 20.4 Å². The van der Waals surface area contributed by atoms with Crippen molar-refractivity contribution in [1.29, 1.82) is 0 Å². The summed E-state index contributed by atoms with van der Waals surface area (Å²) in [5.74, 6) is -0.0314. The van der Waals surface area contributed by atoms with Crippen molar-refractivity contribution in [2.45, 2.75) is 38.6 Å². The van der Waals surface area contributed by atoms with Gasteiger partial charge in [0.05, 0.1) is 5.69 Å². The third-order valence-electron chi connectivity index (χ3n) is 3.17. The second-order valence-corrected chi connectivity index (χ2v) is 4.84. The molecule has 2 N–H and O–H groups in total. The molecule has 0 aromatic carbocycles. The molecule has 5 nitrogen and oxygen atoms in total. The molecule has 100 valence electrons. The highest BCUT2D eigenvalue weighted by Gasteiger charge is 2.19. The van der Waals surface area contributed by atoms with Gasteiger partial charge in [0.15, 0.2) is 0 Å². The Hall–Kier alpha value is -1.36. The lowest BCUT2D eigenvalue weighted by Crippen LogP contribution is -2.29. The van der Waals surface area contributed by atoms with Crippen LogP contribution in [0.5, 0.6) is 0 Å². The lowest BCUT2D eigenvalue weighted by molar-refractivity contribution is 0.0944. The van der Waals surface area contributed by atoms with Crippen LogP contribution in [0, 0.1) is 0 Å². The van der Waals surface area contributed by atoms with Gasteiger partial charge in [0.2, 0.25) is 0 Å². The Morgan fingerprint density at radius 2 is 2.28 bits per heavy atom. The van der Waals surface area contributed by atoms with Gasteiger partial charge in [-0.05, 0) is 38.3 Å². The fraction of sp³-hybridized carbons (Fsp3) is 0.692. The normalized spacial score (nSPS) is 14.8. The van der Waals surface area contributed by atoms with Crippen molar-refractivity contribution in [3.05, 3.63) is 17.5 Å². The van der Waals surface area contributed by atoms with E-state index in [1.165, 1.54) is 12.8 Å². The molecule has 1 aromatic rings. The van der Waals surface area contributed by atoms with Crippen LogP contribution < -0.4 is 10.6 Å². The molecule has 18 heavy (non-hydrogen) atoms. The Morgan fingerprint density at radius 1 is 1.50 bits per heavy atom. The molecule has 1 saturated carbocycles. The number of nitrogens with zero attached hydrogens (tertiary/aromatic N) is 2. The summed E-state index contributed by atoms with van der Waals surface area (Å²) in [6.07, 6.45) is 4.44. The molecule has 0 unspecified atom stereocenters. The lowest BCUT2D eigenvalue weighted by atomic mass is 10.3. The third kappa shape index (κ3) is 3.57. The van der Waals surface area contributed by atoms with Crippen LogP contribution in [0.4, 0.5) is 0 Å². The van der Waals surface area contributed by atoms with Gasteiger partial charge in [-0.3, -0.25) is 9.48 Å². The number of amides is 1. The Balaban J connectivity index is 1.70. The smallest absolute Gasteiger partial charge is 0.269 e. The number of hydrogen-bond donors (Lipinski definition) is 2. The first-order valence-electron chi connectivity index (χ1n) is 6.75. The molecule has 1 aliphatic carbocycles. The van der Waals surface area contributed by atoms with Crippen LogP contribution in [-0.2, 0) is 13.5 Å². The maximum Gasteiger partial charge on any atom is 0.269 e. The molecule has 1 heterocycles. The minimum Gasteiger partial charge on any atom is -0.351 e. The molecule has 0 saturated heterocycles. The van der Waals surface area contributed by atoms with Gasteiger partial charge in [0.1, 0.15) is 5.69 Å². The average molecular weight is 250 g/mol. The van der Waals surface area contributed by atoms with Crippen LogP contribution in [-0.4, -0.2) is 34.8 Å². The Bertz CT molecular complexity index is 409. The third-order valence-corrected chi connectivity index (χ3v) is 3.17. The van der Waals surface area contributed by atoms with E-state index in [2.05, 4.69) is 15.7 Å². The zero-order valence-electron chi connectivity index (χ0n) is 11.2. The summed E-state index contributed by atoms with van der Waals surface area (Å²) in [7, 11) is 1.81. The highest BCUT2D eigenvalue weighted by molar-refractivity contribution is 5.92. The second-order valence-electron chi connectivity index (χ2n) is 4.84. The summed E-state index contributed by atoms with van der Waals surface area (Å²) in [6.45, 7) is 3.73. The van der Waals surface area contributed by atoms with Crippen molar-refractivity contribution in [2.24, 2.45) is 7.05 Å². The zero-order chi connectivity index (χ0) is 13.0. The van der Waals surface area contributed by atoms with Crippen molar-refractivity contribution in [2.75, 3.05) is 13.1 Å². The predicted octanol–water partition coefficient (Wildman–Crippen LogP) is 0.854. The van der Waals surface area contributed by atoms with Gasteiger partial charge in [-0.2, -0.15) is 5.10 Å². The Morgan fingerprint density at radius 3 is 2.89 bits per heavy atom. The summed E-state index contributed by atoms with van der Waals surface area (Å²) in [6, 6.07) is 2.60. The minimum absolute atomic E-state index is 0.0314. The molecule has 1 aliphatic rings. The van der Waals surface area contributed by atoms with E-state index < -0.39 is 0 Å². The highest BCUT2D eigenvalue weighted by Crippen LogP contribution is 2.18. The average Bonchev–Trinajstić information content (AvgIpc) is 3.10. The topological polar surface area (TPSA) is 59.0 Å². The molecule has 0 radical (unpaired) electrons. The number of aromatic nitrogens is 2. The summed E-state index contributed by atoms with van der Waals surface area (Å²) in [4.78, 5) is 11.9. The molecule has 0 aliphatic heterocycles. The Kier molecular flexibility index (Phi) is 4.36. The van der Waals surface area contributed by atoms with Crippen molar-refractivity contribution in [3.8, 4) is 0 Å². The van der Waals surface area contributed by atoms with Gasteiger partial charge in [0, 0.05) is 19.6 Å². The summed E-state index contributed by atoms with van der Waals surface area (Å²) in [5, 5.41) is 10.6. The van der Waals surface area contributed by atoms with Crippen LogP contribution >= 0.6 is 0 Å². The van der Waals surface area contributed by atoms with Crippen LogP contribution in [0.2, 0.25) is 0 Å². The van der Waals surface area contributed by atoms with Gasteiger partial charge < -0.3 is 10.6 Å². The van der Waals surface area contributed by atoms with E-state index in [0.717, 1.165) is 31.1 Å². The number of rotatable bonds is 7. The van der Waals surface area contributed by atoms with E-state index >= 15 is 0 Å². The van der Waals surface area contributed by atoms with Gasteiger partial charge in [-0.1, -0.05) is 6.92 Å². The van der Waals surface area contributed by atoms with Crippen molar-refractivity contribution < 1.29 is 4.79 Å². The fourth-order valence-corrected chi connectivity index (χ4v) is 1.89. The molecule has 0 atom stereocenters. The van der Waals surface area contributed by atoms with Gasteiger partial charge in [-0.15, -0.1) is 0 Å². The number of aryl methyl sites for hydroxylation is 2. The van der Waals surface area contributed by atoms with Gasteiger partial charge in [-0.25, -0.2) is 0 Å². The van der Waals surface area contributed by atoms with Crippen molar-refractivity contribution >= 4 is 5.91 Å². The van der Waals surface area contributed by atoms with E-state index in [4.69, 9.17) is 0 Å². The quantitative estimate of drug-likeness (QED) is 0.706. The first kappa shape index (κ1) is 13.1. The second kappa shape index (κ2) is 6.00. The van der Waals surface area contributed by atoms with E-state index in [1.54, 1.807) is 4.68 Å². The first-order chi connectivity index (χ1) is 8.70. The molecular weight excluding hydrogens is 228 g/mol. The molecule has 1 fully saturated rings. The number of hydrogen-bond acceptors (Lipinski definition) is 3. The number of carbonyl (C=O) groups excluding carboxylic acids is 1. The lowest BCUT2D eigenvalue weighted by Gasteiger charge is -2.05. The van der Waals surface area contributed by atoms with E-state index in [-0.39, 0.29) is 5.91 Å². The highest BCUT2D eigenvalue weighted by atomic mass is 16.2. The molecule has 0 spiro atoms. The first-order valence-corrected chi connectivity index (χ1v) is 6.75. The molecule has 1 aromatic heterocycles. The van der Waals surface area contributed by atoms with Crippen LogP contribution in [0.15, 0.2) is 6.07 Å². The minimum atomic E-state index is -0.0314. The number of carbonyl (C=O) groups is 1. The summed E-state index contributed by atoms with van der Waals surface area (Å²) in [5.41, 5.74) is 1.60. The molecule has 1 amide bonds. The van der Waals surface area contributed by atoms with E-state index in [0.29, 0.717) is 12.2 Å². The van der Waals surface area contributed by atoms with Crippen LogP contribution in [0.25, 0.3) is 0 Å². The van der Waals surface area contributed by atoms with Crippen LogP contribution in [0.1, 0.15) is 42.4 Å². The molecule has 0 bridgehead atoms. The summed E-state index contributed by atoms with van der Waals surface area (Å²) >= 11 is 0. The van der Waals surface area contributed by atoms with Gasteiger partial charge in [0.25, 0.3) is 5.91 Å². The molecule has 2 rings (SSSR count). The van der Waals surface area contributed by atoms with Crippen LogP contribution in [0.3, 0.4) is 0 Å². The summed E-state index contributed by atoms with van der Waals surface area (Å²) < 4.78 is 1.65. The SMILES string of the molecule is CCc1cc(C(=O)NCCCNC2CC2)n(C)n1. The monoisotopic (exact) mass is 250 g/mol. The number of nitrogens with one attached hydrogen (secondary N) is 2. The van der Waals surface area contributed by atoms with E-state index in [9.17, 15) is 4.79 Å². The Labute approximate surface area is 108 Å². The molecule has 5 heteroatoms. The van der Waals surface area contributed by atoms with E-state index in [1.807, 2.05) is 20.0 Å². The zero-order valence-corrected chi connectivity index (χ0v) is 11.2. The maximum absolute atomic E-state index is 11.9. The predicted molar refractivity (Wildman–Crippen MR) is 70.6 cm³/mol. The largest absolute Gasteiger partial charge is 0.351 e. The standard InChI is InChI=1S/C13H22N4O/c1-3-10-9-12(17(2)16-10)13(18)15-8-4-7-14-11-5-6-11/h9,11,14H,3-8H2,1-2H3,(H,15,18). The van der Waals surface area contributed by atoms with Gasteiger partial charge >= 0.3 is 0 Å². The fourth-order valence-electron chi connectivity index (χ4n) is 1.89. The maximum atomic E-state index is 11.9. The molecular formula is C13H22N4O.